The Morgan fingerprint density at radius 2 is 1.98 bits per heavy atom. The van der Waals surface area contributed by atoms with Crippen LogP contribution in [0.4, 0.5) is 17.5 Å². The normalized spacial score (nSPS) is 19.5. The van der Waals surface area contributed by atoms with Gasteiger partial charge in [0.1, 0.15) is 17.7 Å². The maximum absolute atomic E-state index is 12.6. The van der Waals surface area contributed by atoms with Crippen molar-refractivity contribution >= 4 is 36.4 Å². The van der Waals surface area contributed by atoms with Gasteiger partial charge < -0.3 is 20.3 Å². The van der Waals surface area contributed by atoms with Gasteiger partial charge in [-0.05, 0) is 82.0 Å². The number of aliphatic imine (C=N–C) groups is 2. The Kier molecular flexibility index (Phi) is 10.2. The number of carbonyl (C=O) groups is 1. The molecule has 224 valence electrons. The number of nitrogens with one attached hydrogen (secondary N) is 2. The minimum atomic E-state index is -0.0469. The van der Waals surface area contributed by atoms with Crippen LogP contribution in [0.1, 0.15) is 29.8 Å². The molecule has 5 rings (SSSR count). The second kappa shape index (κ2) is 14.6. The van der Waals surface area contributed by atoms with Gasteiger partial charge in [0.05, 0.1) is 18.2 Å². The molecule has 0 amide bonds. The summed E-state index contributed by atoms with van der Waals surface area (Å²) >= 11 is 0. The summed E-state index contributed by atoms with van der Waals surface area (Å²) in [6, 6.07) is 15.8. The first-order chi connectivity index (χ1) is 20.9. The maximum atomic E-state index is 12.6. The lowest BCUT2D eigenvalue weighted by atomic mass is 10.1. The van der Waals surface area contributed by atoms with Crippen molar-refractivity contribution < 1.29 is 9.53 Å². The number of esters is 1. The number of pyridine rings is 1. The summed E-state index contributed by atoms with van der Waals surface area (Å²) in [5, 5.41) is 6.39. The van der Waals surface area contributed by atoms with Crippen LogP contribution >= 0.6 is 0 Å². The van der Waals surface area contributed by atoms with Crippen molar-refractivity contribution in [2.75, 3.05) is 43.9 Å². The minimum absolute atomic E-state index is 0.0382. The zero-order chi connectivity index (χ0) is 30.0. The number of ether oxygens (including phenoxy) is 1. The van der Waals surface area contributed by atoms with E-state index in [1.807, 2.05) is 37.3 Å². The fourth-order valence-electron chi connectivity index (χ4n) is 5.21. The third-order valence-electron chi connectivity index (χ3n) is 7.47. The number of likely N-dealkylation sites (N-methyl/N-ethyl adjacent to an activating group) is 1. The Labute approximate surface area is 252 Å². The van der Waals surface area contributed by atoms with Crippen LogP contribution in [0.2, 0.25) is 0 Å². The predicted octanol–water partition coefficient (Wildman–Crippen LogP) is 4.22. The lowest BCUT2D eigenvalue weighted by Crippen LogP contribution is -2.28. The first kappa shape index (κ1) is 30.0. The third-order valence-corrected chi connectivity index (χ3v) is 7.47. The second-order valence-corrected chi connectivity index (χ2v) is 11.0. The molecule has 2 fully saturated rings. The van der Waals surface area contributed by atoms with Crippen LogP contribution < -0.4 is 10.6 Å². The van der Waals surface area contributed by atoms with Gasteiger partial charge in [-0.1, -0.05) is 18.2 Å². The molecule has 2 aliphatic rings. The first-order valence-electron chi connectivity index (χ1n) is 14.6. The number of aromatic nitrogens is 3. The number of likely N-dealkylation sites (tertiary alicyclic amines) is 2. The Morgan fingerprint density at radius 1 is 1.12 bits per heavy atom. The number of nitrogens with zero attached hydrogens (tertiary/aromatic N) is 7. The molecule has 0 aliphatic carbocycles. The molecule has 4 heterocycles. The third kappa shape index (κ3) is 9.00. The fourth-order valence-corrected chi connectivity index (χ4v) is 5.21. The lowest BCUT2D eigenvalue weighted by molar-refractivity contribution is -0.152. The van der Waals surface area contributed by atoms with Crippen LogP contribution in [0.15, 0.2) is 76.6 Å². The summed E-state index contributed by atoms with van der Waals surface area (Å²) in [5.74, 6) is 1.45. The van der Waals surface area contributed by atoms with Gasteiger partial charge in [0.2, 0.25) is 5.95 Å². The van der Waals surface area contributed by atoms with Crippen molar-refractivity contribution in [1.82, 2.24) is 24.8 Å². The van der Waals surface area contributed by atoms with E-state index in [4.69, 9.17) is 4.74 Å². The highest BCUT2D eigenvalue weighted by Gasteiger charge is 2.32. The second-order valence-electron chi connectivity index (χ2n) is 11.0. The quantitative estimate of drug-likeness (QED) is 0.239. The van der Waals surface area contributed by atoms with Crippen molar-refractivity contribution in [3.8, 4) is 0 Å². The van der Waals surface area contributed by atoms with Crippen LogP contribution in [0.5, 0.6) is 0 Å². The highest BCUT2D eigenvalue weighted by atomic mass is 16.5. The molecular weight excluding hydrogens is 542 g/mol. The van der Waals surface area contributed by atoms with Crippen LogP contribution in [0, 0.1) is 12.8 Å². The topological polar surface area (TPSA) is 120 Å². The molecule has 2 N–H and O–H groups in total. The van der Waals surface area contributed by atoms with E-state index in [-0.39, 0.29) is 18.0 Å². The fraction of sp³-hybridized carbons (Fsp3) is 0.375. The van der Waals surface area contributed by atoms with Crippen LogP contribution in [-0.2, 0) is 22.6 Å². The Bertz CT molecular complexity index is 1460. The molecule has 0 bridgehead atoms. The average Bonchev–Trinajstić information content (AvgIpc) is 3.64. The number of aryl methyl sites for hydroxylation is 1. The number of hydrogen-bond donors (Lipinski definition) is 2. The monoisotopic (exact) mass is 581 g/mol. The number of rotatable bonds is 12. The molecule has 2 aromatic heterocycles. The van der Waals surface area contributed by atoms with E-state index < -0.39 is 0 Å². The van der Waals surface area contributed by atoms with Crippen LogP contribution in [0.3, 0.4) is 0 Å². The summed E-state index contributed by atoms with van der Waals surface area (Å²) in [5.41, 5.74) is 3.92. The van der Waals surface area contributed by atoms with Gasteiger partial charge in [0.25, 0.3) is 0 Å². The number of anilines is 3. The van der Waals surface area contributed by atoms with Gasteiger partial charge in [-0.25, -0.2) is 9.98 Å². The van der Waals surface area contributed by atoms with Gasteiger partial charge in [0, 0.05) is 50.0 Å². The van der Waals surface area contributed by atoms with E-state index in [1.54, 1.807) is 24.6 Å². The maximum Gasteiger partial charge on any atom is 0.310 e. The molecule has 0 radical (unpaired) electrons. The molecule has 43 heavy (non-hydrogen) atoms. The largest absolute Gasteiger partial charge is 0.461 e. The zero-order valence-electron chi connectivity index (χ0n) is 24.8. The molecule has 3 aromatic rings. The summed E-state index contributed by atoms with van der Waals surface area (Å²) < 4.78 is 5.76. The molecule has 2 saturated heterocycles. The van der Waals surface area contributed by atoms with Crippen LogP contribution in [0.25, 0.3) is 0 Å². The average molecular weight is 582 g/mol. The van der Waals surface area contributed by atoms with Crippen LogP contribution in [-0.4, -0.2) is 83.0 Å². The summed E-state index contributed by atoms with van der Waals surface area (Å²) in [7, 11) is 2.06. The predicted molar refractivity (Wildman–Crippen MR) is 170 cm³/mol. The van der Waals surface area contributed by atoms with E-state index in [0.29, 0.717) is 24.1 Å². The standard InChI is InChI=1S/C32H39N9O2/c1-23-5-4-6-27(36-23)19-34-15-11-29(33-2)38-30-12-16-35-32(39-30)37-26-9-7-24(8-10-26)20-41-18-13-25(21-41)31(42)43-28-14-17-40(3)22-28/h4-12,15-16,25,28H,2,13-14,17-22H2,1,3H3,(H2,35,37,38,39)/b29-11+,34-15-/t25?,28-/m1/s1. The van der Waals surface area contributed by atoms with Crippen molar-refractivity contribution in [1.29, 1.82) is 0 Å². The molecule has 1 unspecified atom stereocenters. The summed E-state index contributed by atoms with van der Waals surface area (Å²) in [6.45, 7) is 10.3. The van der Waals surface area contributed by atoms with Gasteiger partial charge in [0.15, 0.2) is 0 Å². The van der Waals surface area contributed by atoms with Crippen molar-refractivity contribution in [2.45, 2.75) is 39.0 Å². The van der Waals surface area contributed by atoms with E-state index in [2.05, 4.69) is 71.3 Å². The summed E-state index contributed by atoms with van der Waals surface area (Å²) in [6.07, 6.45) is 6.89. The van der Waals surface area contributed by atoms with Gasteiger partial charge in [-0.3, -0.25) is 19.7 Å². The van der Waals surface area contributed by atoms with Gasteiger partial charge in [-0.2, -0.15) is 4.98 Å². The van der Waals surface area contributed by atoms with E-state index in [1.165, 1.54) is 5.56 Å². The summed E-state index contributed by atoms with van der Waals surface area (Å²) in [4.78, 5) is 38.9. The molecule has 2 aliphatic heterocycles. The molecule has 11 nitrogen and oxygen atoms in total. The lowest BCUT2D eigenvalue weighted by Gasteiger charge is -2.18. The van der Waals surface area contributed by atoms with Crippen molar-refractivity contribution in [2.24, 2.45) is 15.9 Å². The number of hydrogen-bond acceptors (Lipinski definition) is 11. The first-order valence-corrected chi connectivity index (χ1v) is 14.6. The Balaban J connectivity index is 1.09. The minimum Gasteiger partial charge on any atom is -0.461 e. The highest BCUT2D eigenvalue weighted by Crippen LogP contribution is 2.23. The Hall–Kier alpha value is -4.48. The Morgan fingerprint density at radius 3 is 2.74 bits per heavy atom. The SMILES string of the molecule is C=N/C(=C\C=N/Cc1cccc(C)n1)Nc1ccnc(Nc2ccc(CN3CCC(C(=O)O[C@@H]4CCN(C)C4)C3)cc2)n1. The van der Waals surface area contributed by atoms with E-state index in [0.717, 1.165) is 62.6 Å². The smallest absolute Gasteiger partial charge is 0.310 e. The molecule has 0 saturated carbocycles. The van der Waals surface area contributed by atoms with Gasteiger partial charge in [-0.15, -0.1) is 0 Å². The molecular formula is C32H39N9O2. The molecule has 1 aromatic carbocycles. The van der Waals surface area contributed by atoms with E-state index >= 15 is 0 Å². The van der Waals surface area contributed by atoms with Crippen molar-refractivity contribution in [3.05, 3.63) is 83.6 Å². The number of benzene rings is 1. The zero-order valence-corrected chi connectivity index (χ0v) is 24.8. The highest BCUT2D eigenvalue weighted by molar-refractivity contribution is 5.74. The molecule has 2 atom stereocenters. The van der Waals surface area contributed by atoms with Gasteiger partial charge >= 0.3 is 5.97 Å². The number of allylic oxidation sites excluding steroid dienone is 1. The van der Waals surface area contributed by atoms with E-state index in [9.17, 15) is 4.79 Å². The molecule has 11 heteroatoms. The number of carbonyl (C=O) groups excluding carboxylic acids is 1. The molecule has 0 spiro atoms. The van der Waals surface area contributed by atoms with Crippen molar-refractivity contribution in [3.63, 3.8) is 0 Å².